The Labute approximate surface area is 139 Å². The number of nitrogens with zero attached hydrogens (tertiary/aromatic N) is 2. The van der Waals surface area contributed by atoms with Crippen molar-refractivity contribution >= 4 is 17.5 Å². The van der Waals surface area contributed by atoms with Crippen LogP contribution in [0.1, 0.15) is 19.7 Å². The second-order valence-corrected chi connectivity index (χ2v) is 5.75. The molecule has 2 rings (SSSR count). The van der Waals surface area contributed by atoms with Crippen LogP contribution in [-0.2, 0) is 9.59 Å². The Kier molecular flexibility index (Phi) is 5.64. The fourth-order valence-corrected chi connectivity index (χ4v) is 1.95. The van der Waals surface area contributed by atoms with Crippen molar-refractivity contribution in [2.45, 2.75) is 26.8 Å². The van der Waals surface area contributed by atoms with Gasteiger partial charge in [-0.3, -0.25) is 9.59 Å². The summed E-state index contributed by atoms with van der Waals surface area (Å²) in [6, 6.07) is 6.40. The van der Waals surface area contributed by atoms with Gasteiger partial charge in [-0.2, -0.15) is 4.98 Å². The zero-order valence-electron chi connectivity index (χ0n) is 13.9. The molecule has 0 aliphatic heterocycles. The highest BCUT2D eigenvalue weighted by molar-refractivity contribution is 5.95. The molecule has 1 aromatic carbocycles. The van der Waals surface area contributed by atoms with Crippen molar-refractivity contribution in [2.24, 2.45) is 11.7 Å². The molecule has 2 aromatic rings. The minimum Gasteiger partial charge on any atom is -0.346 e. The molecule has 0 unspecified atom stereocenters. The highest BCUT2D eigenvalue weighted by atomic mass is 16.5. The molecule has 24 heavy (non-hydrogen) atoms. The van der Waals surface area contributed by atoms with Crippen molar-refractivity contribution in [1.29, 1.82) is 0 Å². The number of anilines is 1. The fourth-order valence-electron chi connectivity index (χ4n) is 1.95. The summed E-state index contributed by atoms with van der Waals surface area (Å²) in [6.45, 7) is 5.24. The molecule has 1 heterocycles. The first-order chi connectivity index (χ1) is 11.4. The van der Waals surface area contributed by atoms with Gasteiger partial charge in [-0.1, -0.05) is 31.1 Å². The van der Waals surface area contributed by atoms with Crippen molar-refractivity contribution in [3.63, 3.8) is 0 Å². The Hall–Kier alpha value is -2.74. The normalized spacial score (nSPS) is 12.0. The molecule has 0 aliphatic rings. The van der Waals surface area contributed by atoms with E-state index in [1.807, 2.05) is 19.9 Å². The monoisotopic (exact) mass is 331 g/mol. The number of carbonyl (C=O) groups is 2. The zero-order chi connectivity index (χ0) is 17.7. The topological polar surface area (TPSA) is 123 Å². The number of amides is 2. The Balaban J connectivity index is 1.94. The predicted octanol–water partition coefficient (Wildman–Crippen LogP) is 1.08. The summed E-state index contributed by atoms with van der Waals surface area (Å²) >= 11 is 0. The van der Waals surface area contributed by atoms with Gasteiger partial charge in [0, 0.05) is 18.2 Å². The minimum absolute atomic E-state index is 0.00293. The van der Waals surface area contributed by atoms with Crippen LogP contribution in [-0.4, -0.2) is 34.5 Å². The van der Waals surface area contributed by atoms with Gasteiger partial charge >= 0.3 is 0 Å². The van der Waals surface area contributed by atoms with Crippen LogP contribution in [0.15, 0.2) is 28.8 Å². The maximum absolute atomic E-state index is 11.9. The van der Waals surface area contributed by atoms with Gasteiger partial charge in [0.25, 0.3) is 0 Å². The highest BCUT2D eigenvalue weighted by Crippen LogP contribution is 2.19. The first kappa shape index (κ1) is 17.6. The largest absolute Gasteiger partial charge is 0.346 e. The molecule has 0 radical (unpaired) electrons. The van der Waals surface area contributed by atoms with E-state index in [9.17, 15) is 9.59 Å². The summed E-state index contributed by atoms with van der Waals surface area (Å²) < 4.78 is 4.94. The van der Waals surface area contributed by atoms with E-state index in [0.29, 0.717) is 17.4 Å². The lowest BCUT2D eigenvalue weighted by Gasteiger charge is -2.15. The highest BCUT2D eigenvalue weighted by Gasteiger charge is 2.17. The maximum Gasteiger partial charge on any atom is 0.243 e. The number of aryl methyl sites for hydroxylation is 1. The lowest BCUT2D eigenvalue weighted by atomic mass is 10.1. The van der Waals surface area contributed by atoms with E-state index in [-0.39, 0.29) is 24.3 Å². The molecule has 4 N–H and O–H groups in total. The molecule has 1 atom stereocenters. The molecule has 0 fully saturated rings. The minimum atomic E-state index is -0.636. The Morgan fingerprint density at radius 3 is 2.71 bits per heavy atom. The standard InChI is InChI=1S/C16H21N5O3/c1-9(2)14(17)16(23)18-8-13(22)20-12-6-4-5-11(7-12)15-19-10(3)24-21-15/h4-7,9,14H,8,17H2,1-3H3,(H,18,23)(H,20,22)/t14-/m0/s1. The smallest absolute Gasteiger partial charge is 0.243 e. The molecule has 8 heteroatoms. The van der Waals surface area contributed by atoms with Gasteiger partial charge in [0.2, 0.25) is 23.5 Å². The number of aromatic nitrogens is 2. The summed E-state index contributed by atoms with van der Waals surface area (Å²) in [5, 5.41) is 9.05. The first-order valence-corrected chi connectivity index (χ1v) is 7.60. The predicted molar refractivity (Wildman–Crippen MR) is 88.9 cm³/mol. The Morgan fingerprint density at radius 2 is 2.08 bits per heavy atom. The van der Waals surface area contributed by atoms with E-state index in [2.05, 4.69) is 20.8 Å². The second kappa shape index (κ2) is 7.69. The van der Waals surface area contributed by atoms with Crippen LogP contribution < -0.4 is 16.4 Å². The van der Waals surface area contributed by atoms with Crippen molar-refractivity contribution in [3.05, 3.63) is 30.2 Å². The molecule has 128 valence electrons. The van der Waals surface area contributed by atoms with Crippen molar-refractivity contribution in [2.75, 3.05) is 11.9 Å². The van der Waals surface area contributed by atoms with E-state index < -0.39 is 6.04 Å². The summed E-state index contributed by atoms with van der Waals surface area (Å²) in [7, 11) is 0. The molecule has 0 saturated carbocycles. The van der Waals surface area contributed by atoms with Crippen LogP contribution in [0.2, 0.25) is 0 Å². The maximum atomic E-state index is 11.9. The fraction of sp³-hybridized carbons (Fsp3) is 0.375. The summed E-state index contributed by atoms with van der Waals surface area (Å²) in [5.41, 5.74) is 7.01. The van der Waals surface area contributed by atoms with Crippen LogP contribution in [0.3, 0.4) is 0 Å². The number of nitrogens with two attached hydrogens (primary N) is 1. The molecule has 8 nitrogen and oxygen atoms in total. The molecule has 0 spiro atoms. The number of hydrogen-bond donors (Lipinski definition) is 3. The first-order valence-electron chi connectivity index (χ1n) is 7.60. The summed E-state index contributed by atoms with van der Waals surface area (Å²) in [4.78, 5) is 27.8. The van der Waals surface area contributed by atoms with E-state index in [1.54, 1.807) is 25.1 Å². The summed E-state index contributed by atoms with van der Waals surface area (Å²) in [5.74, 6) is 0.212. The Bertz CT molecular complexity index is 726. The third-order valence-corrected chi connectivity index (χ3v) is 3.38. The lowest BCUT2D eigenvalue weighted by Crippen LogP contribution is -2.46. The van der Waals surface area contributed by atoms with Crippen LogP contribution in [0.4, 0.5) is 5.69 Å². The van der Waals surface area contributed by atoms with Crippen LogP contribution in [0, 0.1) is 12.8 Å². The lowest BCUT2D eigenvalue weighted by molar-refractivity contribution is -0.125. The van der Waals surface area contributed by atoms with Gasteiger partial charge in [0.15, 0.2) is 0 Å². The van der Waals surface area contributed by atoms with Crippen molar-refractivity contribution in [1.82, 2.24) is 15.5 Å². The SMILES string of the molecule is Cc1nc(-c2cccc(NC(=O)CNC(=O)[C@@H](N)C(C)C)c2)no1. The van der Waals surface area contributed by atoms with Crippen LogP contribution >= 0.6 is 0 Å². The second-order valence-electron chi connectivity index (χ2n) is 5.75. The van der Waals surface area contributed by atoms with Gasteiger partial charge in [-0.25, -0.2) is 0 Å². The van der Waals surface area contributed by atoms with Crippen molar-refractivity contribution in [3.8, 4) is 11.4 Å². The van der Waals surface area contributed by atoms with Gasteiger partial charge in [0.05, 0.1) is 12.6 Å². The number of rotatable bonds is 6. The van der Waals surface area contributed by atoms with Gasteiger partial charge in [0.1, 0.15) is 0 Å². The quantitative estimate of drug-likeness (QED) is 0.728. The molecule has 0 bridgehead atoms. The number of carbonyl (C=O) groups excluding carboxylic acids is 2. The van der Waals surface area contributed by atoms with Crippen molar-refractivity contribution < 1.29 is 14.1 Å². The van der Waals surface area contributed by atoms with Gasteiger partial charge < -0.3 is 20.9 Å². The average Bonchev–Trinajstić information content (AvgIpc) is 2.98. The van der Waals surface area contributed by atoms with Gasteiger partial charge in [-0.15, -0.1) is 0 Å². The molecule has 1 aromatic heterocycles. The number of hydrogen-bond acceptors (Lipinski definition) is 6. The van der Waals surface area contributed by atoms with E-state index in [1.165, 1.54) is 0 Å². The molecule has 2 amide bonds. The third kappa shape index (κ3) is 4.63. The summed E-state index contributed by atoms with van der Waals surface area (Å²) in [6.07, 6.45) is 0. The molecular formula is C16H21N5O3. The van der Waals surface area contributed by atoms with E-state index in [4.69, 9.17) is 10.3 Å². The van der Waals surface area contributed by atoms with Gasteiger partial charge in [-0.05, 0) is 18.1 Å². The number of benzene rings is 1. The average molecular weight is 331 g/mol. The zero-order valence-corrected chi connectivity index (χ0v) is 13.9. The molecule has 0 aliphatic carbocycles. The van der Waals surface area contributed by atoms with Crippen LogP contribution in [0.5, 0.6) is 0 Å². The van der Waals surface area contributed by atoms with E-state index >= 15 is 0 Å². The van der Waals surface area contributed by atoms with E-state index in [0.717, 1.165) is 5.56 Å². The Morgan fingerprint density at radius 1 is 1.33 bits per heavy atom. The van der Waals surface area contributed by atoms with Crippen LogP contribution in [0.25, 0.3) is 11.4 Å². The molecule has 0 saturated heterocycles. The third-order valence-electron chi connectivity index (χ3n) is 3.38. The number of nitrogens with one attached hydrogen (secondary N) is 2. The molecular weight excluding hydrogens is 310 g/mol.